The number of benzene rings is 1. The van der Waals surface area contributed by atoms with Crippen LogP contribution in [0, 0.1) is 0 Å². The fraction of sp³-hybridized carbons (Fsp3) is 0.588. The van der Waals surface area contributed by atoms with Crippen LogP contribution in [0.5, 0.6) is 0 Å². The van der Waals surface area contributed by atoms with Crippen LogP contribution < -0.4 is 16.0 Å². The van der Waals surface area contributed by atoms with E-state index in [2.05, 4.69) is 52.1 Å². The number of anilines is 1. The van der Waals surface area contributed by atoms with Crippen molar-refractivity contribution in [2.75, 3.05) is 52.4 Å². The Morgan fingerprint density at radius 1 is 1.00 bits per heavy atom. The van der Waals surface area contributed by atoms with E-state index in [4.69, 9.17) is 9.47 Å². The maximum atomic E-state index is 5.05. The number of methoxy groups -OCH3 is 2. The SMILES string of the molecule is CCNC(=NCc1ccc(NCCOC)cc1)NCCCOC. The van der Waals surface area contributed by atoms with Gasteiger partial charge in [0.15, 0.2) is 5.96 Å². The van der Waals surface area contributed by atoms with E-state index in [-0.39, 0.29) is 0 Å². The van der Waals surface area contributed by atoms with E-state index in [9.17, 15) is 0 Å². The van der Waals surface area contributed by atoms with E-state index in [0.29, 0.717) is 13.2 Å². The fourth-order valence-corrected chi connectivity index (χ4v) is 1.96. The molecular weight excluding hydrogens is 292 g/mol. The lowest BCUT2D eigenvalue weighted by Gasteiger charge is -2.11. The van der Waals surface area contributed by atoms with Crippen LogP contribution in [0.1, 0.15) is 18.9 Å². The zero-order chi connectivity index (χ0) is 16.8. The second kappa shape index (κ2) is 12.7. The van der Waals surface area contributed by atoms with Crippen molar-refractivity contribution in [3.63, 3.8) is 0 Å². The maximum Gasteiger partial charge on any atom is 0.191 e. The van der Waals surface area contributed by atoms with Crippen LogP contribution in [0.3, 0.4) is 0 Å². The van der Waals surface area contributed by atoms with Gasteiger partial charge in [-0.25, -0.2) is 4.99 Å². The first-order valence-corrected chi connectivity index (χ1v) is 8.13. The van der Waals surface area contributed by atoms with E-state index < -0.39 is 0 Å². The third-order valence-electron chi connectivity index (χ3n) is 3.17. The molecule has 23 heavy (non-hydrogen) atoms. The highest BCUT2D eigenvalue weighted by Crippen LogP contribution is 2.10. The molecule has 130 valence electrons. The van der Waals surface area contributed by atoms with Gasteiger partial charge in [0, 0.05) is 46.1 Å². The van der Waals surface area contributed by atoms with Crippen molar-refractivity contribution in [3.8, 4) is 0 Å². The summed E-state index contributed by atoms with van der Waals surface area (Å²) in [6, 6.07) is 8.32. The summed E-state index contributed by atoms with van der Waals surface area (Å²) >= 11 is 0. The molecule has 1 rings (SSSR count). The Hall–Kier alpha value is -1.79. The molecule has 0 bridgehead atoms. The van der Waals surface area contributed by atoms with Crippen molar-refractivity contribution in [3.05, 3.63) is 29.8 Å². The minimum Gasteiger partial charge on any atom is -0.385 e. The van der Waals surface area contributed by atoms with Crippen LogP contribution in [0.25, 0.3) is 0 Å². The van der Waals surface area contributed by atoms with Gasteiger partial charge < -0.3 is 25.4 Å². The first kappa shape index (κ1) is 19.3. The molecular formula is C17H30N4O2. The molecule has 0 aliphatic carbocycles. The van der Waals surface area contributed by atoms with Crippen molar-refractivity contribution in [2.24, 2.45) is 4.99 Å². The van der Waals surface area contributed by atoms with Gasteiger partial charge in [-0.05, 0) is 31.0 Å². The summed E-state index contributed by atoms with van der Waals surface area (Å²) in [5.41, 5.74) is 2.27. The minimum atomic E-state index is 0.651. The minimum absolute atomic E-state index is 0.651. The predicted molar refractivity (Wildman–Crippen MR) is 96.1 cm³/mol. The van der Waals surface area contributed by atoms with E-state index in [1.807, 2.05) is 0 Å². The molecule has 0 saturated carbocycles. The summed E-state index contributed by atoms with van der Waals surface area (Å²) in [6.45, 7) is 6.67. The Kier molecular flexibility index (Phi) is 10.7. The van der Waals surface area contributed by atoms with Crippen LogP contribution in [-0.4, -0.2) is 53.0 Å². The largest absolute Gasteiger partial charge is 0.385 e. The molecule has 0 atom stereocenters. The fourth-order valence-electron chi connectivity index (χ4n) is 1.96. The van der Waals surface area contributed by atoms with Crippen LogP contribution in [-0.2, 0) is 16.0 Å². The molecule has 0 aromatic heterocycles. The average molecular weight is 322 g/mol. The Balaban J connectivity index is 2.44. The highest BCUT2D eigenvalue weighted by atomic mass is 16.5. The number of nitrogens with zero attached hydrogens (tertiary/aromatic N) is 1. The Morgan fingerprint density at radius 2 is 1.74 bits per heavy atom. The lowest BCUT2D eigenvalue weighted by atomic mass is 10.2. The molecule has 0 fully saturated rings. The van der Waals surface area contributed by atoms with Crippen LogP contribution >= 0.6 is 0 Å². The number of guanidine groups is 1. The van der Waals surface area contributed by atoms with Gasteiger partial charge in [0.2, 0.25) is 0 Å². The van der Waals surface area contributed by atoms with Gasteiger partial charge in [-0.2, -0.15) is 0 Å². The maximum absolute atomic E-state index is 5.05. The van der Waals surface area contributed by atoms with Crippen molar-refractivity contribution in [2.45, 2.75) is 19.9 Å². The summed E-state index contributed by atoms with van der Waals surface area (Å²) < 4.78 is 10.1. The summed E-state index contributed by atoms with van der Waals surface area (Å²) in [6.07, 6.45) is 0.961. The van der Waals surface area contributed by atoms with E-state index in [0.717, 1.165) is 44.3 Å². The first-order valence-electron chi connectivity index (χ1n) is 8.13. The number of rotatable bonds is 11. The summed E-state index contributed by atoms with van der Waals surface area (Å²) in [5, 5.41) is 9.85. The second-order valence-electron chi connectivity index (χ2n) is 5.08. The summed E-state index contributed by atoms with van der Waals surface area (Å²) in [4.78, 5) is 4.60. The molecule has 1 aromatic carbocycles. The zero-order valence-electron chi connectivity index (χ0n) is 14.5. The highest BCUT2D eigenvalue weighted by Gasteiger charge is 1.98. The molecule has 0 saturated heterocycles. The standard InChI is InChI=1S/C17H30N4O2/c1-4-18-17(20-10-5-12-22-2)21-14-15-6-8-16(9-7-15)19-11-13-23-3/h6-9,19H,4-5,10-14H2,1-3H3,(H2,18,20,21). The normalized spacial score (nSPS) is 11.3. The van der Waals surface area contributed by atoms with Crippen molar-refractivity contribution >= 4 is 11.6 Å². The van der Waals surface area contributed by atoms with Gasteiger partial charge in [0.1, 0.15) is 0 Å². The van der Waals surface area contributed by atoms with E-state index in [1.165, 1.54) is 5.56 Å². The quantitative estimate of drug-likeness (QED) is 0.329. The van der Waals surface area contributed by atoms with E-state index >= 15 is 0 Å². The lowest BCUT2D eigenvalue weighted by Crippen LogP contribution is -2.38. The lowest BCUT2D eigenvalue weighted by molar-refractivity contribution is 0.195. The van der Waals surface area contributed by atoms with Crippen LogP contribution in [0.4, 0.5) is 5.69 Å². The average Bonchev–Trinajstić information content (AvgIpc) is 2.58. The van der Waals surface area contributed by atoms with Crippen molar-refractivity contribution < 1.29 is 9.47 Å². The molecule has 6 heteroatoms. The molecule has 0 aliphatic rings. The van der Waals surface area contributed by atoms with Crippen LogP contribution in [0.15, 0.2) is 29.3 Å². The van der Waals surface area contributed by atoms with Gasteiger partial charge in [-0.15, -0.1) is 0 Å². The van der Waals surface area contributed by atoms with Gasteiger partial charge in [-0.1, -0.05) is 12.1 Å². The molecule has 0 radical (unpaired) electrons. The zero-order valence-corrected chi connectivity index (χ0v) is 14.5. The number of aliphatic imine (C=N–C) groups is 1. The molecule has 0 heterocycles. The van der Waals surface area contributed by atoms with Gasteiger partial charge in [0.25, 0.3) is 0 Å². The molecule has 3 N–H and O–H groups in total. The predicted octanol–water partition coefficient (Wildman–Crippen LogP) is 1.84. The summed E-state index contributed by atoms with van der Waals surface area (Å²) in [7, 11) is 3.42. The summed E-state index contributed by atoms with van der Waals surface area (Å²) in [5.74, 6) is 0.839. The third kappa shape index (κ3) is 9.05. The molecule has 0 aliphatic heterocycles. The second-order valence-corrected chi connectivity index (χ2v) is 5.08. The smallest absolute Gasteiger partial charge is 0.191 e. The number of hydrogen-bond donors (Lipinski definition) is 3. The third-order valence-corrected chi connectivity index (χ3v) is 3.17. The Labute approximate surface area is 139 Å². The van der Waals surface area contributed by atoms with Crippen molar-refractivity contribution in [1.82, 2.24) is 10.6 Å². The Bertz CT molecular complexity index is 435. The highest BCUT2D eigenvalue weighted by molar-refractivity contribution is 5.79. The topological polar surface area (TPSA) is 66.9 Å². The van der Waals surface area contributed by atoms with E-state index in [1.54, 1.807) is 14.2 Å². The molecule has 0 unspecified atom stereocenters. The van der Waals surface area contributed by atoms with Gasteiger partial charge in [0.05, 0.1) is 13.2 Å². The van der Waals surface area contributed by atoms with Gasteiger partial charge in [-0.3, -0.25) is 0 Å². The van der Waals surface area contributed by atoms with Crippen molar-refractivity contribution in [1.29, 1.82) is 0 Å². The number of nitrogens with one attached hydrogen (secondary N) is 3. The molecule has 0 amide bonds. The Morgan fingerprint density at radius 3 is 2.39 bits per heavy atom. The monoisotopic (exact) mass is 322 g/mol. The molecule has 0 spiro atoms. The van der Waals surface area contributed by atoms with Gasteiger partial charge >= 0.3 is 0 Å². The molecule has 6 nitrogen and oxygen atoms in total. The molecule has 1 aromatic rings. The number of ether oxygens (including phenoxy) is 2. The first-order chi connectivity index (χ1) is 11.3. The number of hydrogen-bond acceptors (Lipinski definition) is 4. The van der Waals surface area contributed by atoms with Crippen LogP contribution in [0.2, 0.25) is 0 Å².